The molecule has 0 unspecified atom stereocenters. The fourth-order valence-corrected chi connectivity index (χ4v) is 3.95. The van der Waals surface area contributed by atoms with Crippen molar-refractivity contribution >= 4 is 16.9 Å². The van der Waals surface area contributed by atoms with Crippen LogP contribution in [-0.2, 0) is 6.42 Å². The van der Waals surface area contributed by atoms with Crippen molar-refractivity contribution < 1.29 is 4.39 Å². The average Bonchev–Trinajstić information content (AvgIpc) is 3.52. The Hall–Kier alpha value is -4.14. The van der Waals surface area contributed by atoms with Crippen LogP contribution in [0.2, 0.25) is 0 Å². The van der Waals surface area contributed by atoms with Gasteiger partial charge in [0.1, 0.15) is 11.5 Å². The van der Waals surface area contributed by atoms with Gasteiger partial charge >= 0.3 is 0 Å². The molecule has 0 spiro atoms. The van der Waals surface area contributed by atoms with Gasteiger partial charge in [0.2, 0.25) is 0 Å². The first kappa shape index (κ1) is 17.7. The number of anilines is 1. The lowest BCUT2D eigenvalue weighted by atomic mass is 10.1. The third-order valence-electron chi connectivity index (χ3n) is 5.54. The van der Waals surface area contributed by atoms with E-state index in [-0.39, 0.29) is 5.82 Å². The van der Waals surface area contributed by atoms with E-state index in [1.54, 1.807) is 19.2 Å². The second-order valence-corrected chi connectivity index (χ2v) is 7.47. The number of hydrogen-bond donors (Lipinski definition) is 3. The number of nitrogens with one attached hydrogen (secondary N) is 3. The summed E-state index contributed by atoms with van der Waals surface area (Å²) in [6, 6.07) is 8.86. The number of halogens is 1. The van der Waals surface area contributed by atoms with E-state index in [9.17, 15) is 4.39 Å². The first-order valence-electron chi connectivity index (χ1n) is 9.93. The van der Waals surface area contributed by atoms with Crippen LogP contribution in [-0.4, -0.2) is 41.9 Å². The molecule has 31 heavy (non-hydrogen) atoms. The molecule has 152 valence electrons. The largest absolute Gasteiger partial charge is 0.368 e. The summed E-state index contributed by atoms with van der Waals surface area (Å²) < 4.78 is 13.7. The van der Waals surface area contributed by atoms with Gasteiger partial charge in [0.25, 0.3) is 0 Å². The summed E-state index contributed by atoms with van der Waals surface area (Å²) in [6.07, 6.45) is 4.54. The summed E-state index contributed by atoms with van der Waals surface area (Å²) in [5.41, 5.74) is 7.70. The Labute approximate surface area is 176 Å². The van der Waals surface area contributed by atoms with Gasteiger partial charge in [-0.15, -0.1) is 0 Å². The number of H-pyrrole nitrogens is 2. The highest BCUT2D eigenvalue weighted by molar-refractivity contribution is 5.85. The van der Waals surface area contributed by atoms with Crippen LogP contribution >= 0.6 is 0 Å². The maximum Gasteiger partial charge on any atom is 0.151 e. The number of rotatable bonds is 3. The molecule has 0 amide bonds. The Kier molecular flexibility index (Phi) is 3.82. The monoisotopic (exact) mass is 412 g/mol. The van der Waals surface area contributed by atoms with Crippen molar-refractivity contribution in [3.63, 3.8) is 0 Å². The van der Waals surface area contributed by atoms with Crippen molar-refractivity contribution in [1.29, 1.82) is 0 Å². The van der Waals surface area contributed by atoms with Crippen molar-refractivity contribution in [3.8, 4) is 33.9 Å². The summed E-state index contributed by atoms with van der Waals surface area (Å²) in [6.45, 7) is 2.53. The molecule has 9 heteroatoms. The Bertz CT molecular complexity index is 1450. The van der Waals surface area contributed by atoms with Crippen molar-refractivity contribution in [2.75, 3.05) is 11.9 Å². The van der Waals surface area contributed by atoms with E-state index in [2.05, 4.69) is 35.7 Å². The van der Waals surface area contributed by atoms with E-state index in [1.165, 1.54) is 11.6 Å². The zero-order valence-electron chi connectivity index (χ0n) is 16.6. The summed E-state index contributed by atoms with van der Waals surface area (Å²) in [5.74, 6) is 0.561. The van der Waals surface area contributed by atoms with Gasteiger partial charge in [0.05, 0.1) is 33.8 Å². The molecule has 0 saturated heterocycles. The summed E-state index contributed by atoms with van der Waals surface area (Å²) in [5, 5.41) is 17.9. The van der Waals surface area contributed by atoms with Gasteiger partial charge in [0, 0.05) is 35.6 Å². The minimum atomic E-state index is -0.344. The number of fused-ring (bicyclic) bond motifs is 2. The highest BCUT2D eigenvalue weighted by Gasteiger charge is 2.20. The van der Waals surface area contributed by atoms with Crippen LogP contribution in [0.25, 0.3) is 44.9 Å². The van der Waals surface area contributed by atoms with E-state index >= 15 is 0 Å². The maximum atomic E-state index is 13.7. The topological polar surface area (TPSA) is 108 Å². The lowest BCUT2D eigenvalue weighted by Gasteiger charge is -2.06. The molecule has 6 rings (SSSR count). The van der Waals surface area contributed by atoms with Gasteiger partial charge in [-0.05, 0) is 43.7 Å². The van der Waals surface area contributed by atoms with Gasteiger partial charge in [-0.25, -0.2) is 14.4 Å². The van der Waals surface area contributed by atoms with Crippen molar-refractivity contribution in [2.24, 2.45) is 0 Å². The molecule has 1 aliphatic rings. The third-order valence-corrected chi connectivity index (χ3v) is 5.54. The number of aromatic nitrogens is 7. The van der Waals surface area contributed by atoms with Crippen LogP contribution in [0.3, 0.4) is 0 Å². The fraction of sp³-hybridized carbons (Fsp3) is 0.136. The van der Waals surface area contributed by atoms with Crippen LogP contribution in [0, 0.1) is 12.7 Å². The van der Waals surface area contributed by atoms with Gasteiger partial charge in [-0.2, -0.15) is 10.2 Å². The molecule has 3 N–H and O–H groups in total. The molecule has 0 aliphatic carbocycles. The van der Waals surface area contributed by atoms with Gasteiger partial charge in [-0.3, -0.25) is 15.2 Å². The molecular weight excluding hydrogens is 395 g/mol. The van der Waals surface area contributed by atoms with Gasteiger partial charge in [-0.1, -0.05) is 0 Å². The Morgan fingerprint density at radius 1 is 1.00 bits per heavy atom. The third kappa shape index (κ3) is 2.85. The lowest BCUT2D eigenvalue weighted by molar-refractivity contribution is 0.610. The van der Waals surface area contributed by atoms with Gasteiger partial charge in [0.15, 0.2) is 5.82 Å². The molecule has 0 bridgehead atoms. The molecule has 6 heterocycles. The number of pyridine rings is 3. The van der Waals surface area contributed by atoms with Crippen LogP contribution in [0.15, 0.2) is 42.7 Å². The summed E-state index contributed by atoms with van der Waals surface area (Å²) in [4.78, 5) is 13.7. The zero-order valence-corrected chi connectivity index (χ0v) is 16.6. The van der Waals surface area contributed by atoms with Gasteiger partial charge < -0.3 is 5.32 Å². The molecule has 1 aliphatic heterocycles. The molecule has 8 nitrogen and oxygen atoms in total. The Morgan fingerprint density at radius 2 is 1.90 bits per heavy atom. The van der Waals surface area contributed by atoms with Crippen molar-refractivity contribution in [3.05, 3.63) is 59.8 Å². The number of aromatic amines is 2. The minimum absolute atomic E-state index is 0.327. The molecule has 0 saturated carbocycles. The molecular formula is C22H17FN8. The molecule has 0 atom stereocenters. The SMILES string of the molecule is Cc1nc(-c2n[nH]cc2-c2ccc3ncc(-c4[nH]nc5c4CCN5)cc3n2)ccc1F. The zero-order chi connectivity index (χ0) is 20.9. The van der Waals surface area contributed by atoms with E-state index in [0.29, 0.717) is 17.1 Å². The normalized spacial score (nSPS) is 12.8. The Morgan fingerprint density at radius 3 is 2.81 bits per heavy atom. The molecule has 5 aromatic rings. The van der Waals surface area contributed by atoms with Crippen LogP contribution in [0.4, 0.5) is 10.2 Å². The van der Waals surface area contributed by atoms with E-state index < -0.39 is 0 Å². The van der Waals surface area contributed by atoms with Crippen molar-refractivity contribution in [1.82, 2.24) is 35.3 Å². The quantitative estimate of drug-likeness (QED) is 0.415. The summed E-state index contributed by atoms with van der Waals surface area (Å²) in [7, 11) is 0. The predicted molar refractivity (Wildman–Crippen MR) is 115 cm³/mol. The number of hydrogen-bond acceptors (Lipinski definition) is 6. The standard InChI is InChI=1S/C22H17FN8/c1-11-15(23)2-3-18(27-11)21-14(10-26-29-21)16-4-5-17-19(28-16)8-12(9-25-17)20-13-6-7-24-22(13)31-30-20/h2-5,8-10H,6-7H2,1H3,(H,26,29)(H2,24,30,31). The second kappa shape index (κ2) is 6.69. The van der Waals surface area contributed by atoms with E-state index in [0.717, 1.165) is 52.3 Å². The Balaban J connectivity index is 1.45. The predicted octanol–water partition coefficient (Wildman–Crippen LogP) is 3.89. The first-order chi connectivity index (χ1) is 15.2. The number of aryl methyl sites for hydroxylation is 1. The lowest BCUT2D eigenvalue weighted by Crippen LogP contribution is -1.95. The van der Waals surface area contributed by atoms with E-state index in [4.69, 9.17) is 4.98 Å². The molecule has 0 aromatic carbocycles. The fourth-order valence-electron chi connectivity index (χ4n) is 3.95. The van der Waals surface area contributed by atoms with Crippen LogP contribution in [0.1, 0.15) is 11.3 Å². The highest BCUT2D eigenvalue weighted by atomic mass is 19.1. The summed E-state index contributed by atoms with van der Waals surface area (Å²) >= 11 is 0. The molecule has 0 radical (unpaired) electrons. The molecule has 5 aromatic heterocycles. The van der Waals surface area contributed by atoms with Crippen LogP contribution in [0.5, 0.6) is 0 Å². The average molecular weight is 412 g/mol. The van der Waals surface area contributed by atoms with Crippen molar-refractivity contribution in [2.45, 2.75) is 13.3 Å². The highest BCUT2D eigenvalue weighted by Crippen LogP contribution is 2.33. The minimum Gasteiger partial charge on any atom is -0.368 e. The maximum absolute atomic E-state index is 13.7. The first-order valence-corrected chi connectivity index (χ1v) is 9.93. The van der Waals surface area contributed by atoms with Crippen LogP contribution < -0.4 is 5.32 Å². The second-order valence-electron chi connectivity index (χ2n) is 7.47. The molecule has 0 fully saturated rings. The smallest absolute Gasteiger partial charge is 0.151 e. The van der Waals surface area contributed by atoms with E-state index in [1.807, 2.05) is 24.4 Å². The number of nitrogens with zero attached hydrogens (tertiary/aromatic N) is 5.